The Bertz CT molecular complexity index is 789. The monoisotopic (exact) mass is 359 g/mol. The quantitative estimate of drug-likeness (QED) is 0.792. The van der Waals surface area contributed by atoms with Gasteiger partial charge in [-0.25, -0.2) is 13.4 Å². The molecule has 134 valence electrons. The SMILES string of the molecule is CN(C)c1ccc(CN(Cc2ccccc2)[C@@H]2CCS(=O)(=O)C2)cn1. The molecule has 0 radical (unpaired) electrons. The first-order valence-corrected chi connectivity index (χ1v) is 10.4. The van der Waals surface area contributed by atoms with Gasteiger partial charge in [-0.05, 0) is 23.6 Å². The predicted molar refractivity (Wildman–Crippen MR) is 101 cm³/mol. The summed E-state index contributed by atoms with van der Waals surface area (Å²) in [4.78, 5) is 8.71. The third-order valence-corrected chi connectivity index (χ3v) is 6.36. The lowest BCUT2D eigenvalue weighted by atomic mass is 10.1. The van der Waals surface area contributed by atoms with Crippen molar-refractivity contribution in [2.24, 2.45) is 0 Å². The van der Waals surface area contributed by atoms with E-state index in [-0.39, 0.29) is 11.8 Å². The van der Waals surface area contributed by atoms with Crippen molar-refractivity contribution < 1.29 is 8.42 Å². The van der Waals surface area contributed by atoms with E-state index in [0.717, 1.165) is 17.9 Å². The smallest absolute Gasteiger partial charge is 0.151 e. The Labute approximate surface area is 150 Å². The number of hydrogen-bond donors (Lipinski definition) is 0. The van der Waals surface area contributed by atoms with Crippen LogP contribution in [0.1, 0.15) is 17.5 Å². The Morgan fingerprint density at radius 2 is 1.76 bits per heavy atom. The van der Waals surface area contributed by atoms with E-state index in [1.807, 2.05) is 49.5 Å². The van der Waals surface area contributed by atoms with Gasteiger partial charge in [0, 0.05) is 39.4 Å². The molecular formula is C19H25N3O2S. The number of anilines is 1. The average Bonchev–Trinajstić information content (AvgIpc) is 2.96. The molecule has 1 atom stereocenters. The molecule has 1 aromatic heterocycles. The van der Waals surface area contributed by atoms with E-state index < -0.39 is 9.84 Å². The van der Waals surface area contributed by atoms with Crippen LogP contribution in [0.2, 0.25) is 0 Å². The number of aromatic nitrogens is 1. The lowest BCUT2D eigenvalue weighted by molar-refractivity contribution is 0.194. The van der Waals surface area contributed by atoms with Gasteiger partial charge in [-0.2, -0.15) is 0 Å². The number of rotatable bonds is 6. The van der Waals surface area contributed by atoms with Gasteiger partial charge in [0.15, 0.2) is 9.84 Å². The highest BCUT2D eigenvalue weighted by molar-refractivity contribution is 7.91. The van der Waals surface area contributed by atoms with Crippen molar-refractivity contribution in [3.8, 4) is 0 Å². The van der Waals surface area contributed by atoms with Crippen LogP contribution in [0.25, 0.3) is 0 Å². The molecule has 5 nitrogen and oxygen atoms in total. The third-order valence-electron chi connectivity index (χ3n) is 4.61. The molecule has 1 aliphatic rings. The summed E-state index contributed by atoms with van der Waals surface area (Å²) in [7, 11) is 1.02. The second-order valence-corrected chi connectivity index (χ2v) is 9.10. The molecule has 2 heterocycles. The van der Waals surface area contributed by atoms with Crippen molar-refractivity contribution in [2.45, 2.75) is 25.6 Å². The molecule has 6 heteroatoms. The predicted octanol–water partition coefficient (Wildman–Crippen LogP) is 2.34. The van der Waals surface area contributed by atoms with Crippen LogP contribution >= 0.6 is 0 Å². The first kappa shape index (κ1) is 17.9. The van der Waals surface area contributed by atoms with Gasteiger partial charge in [-0.1, -0.05) is 36.4 Å². The average molecular weight is 359 g/mol. The number of benzene rings is 1. The normalized spacial score (nSPS) is 19.2. The van der Waals surface area contributed by atoms with Crippen LogP contribution < -0.4 is 4.90 Å². The summed E-state index contributed by atoms with van der Waals surface area (Å²) >= 11 is 0. The minimum absolute atomic E-state index is 0.0683. The van der Waals surface area contributed by atoms with Gasteiger partial charge in [0.25, 0.3) is 0 Å². The molecule has 25 heavy (non-hydrogen) atoms. The van der Waals surface area contributed by atoms with Gasteiger partial charge >= 0.3 is 0 Å². The van der Waals surface area contributed by atoms with Crippen molar-refractivity contribution in [1.29, 1.82) is 0 Å². The third kappa shape index (κ3) is 4.80. The van der Waals surface area contributed by atoms with Gasteiger partial charge in [0.05, 0.1) is 11.5 Å². The summed E-state index contributed by atoms with van der Waals surface area (Å²) in [5.41, 5.74) is 2.30. The lowest BCUT2D eigenvalue weighted by Crippen LogP contribution is -2.35. The zero-order valence-electron chi connectivity index (χ0n) is 14.8. The number of sulfone groups is 1. The van der Waals surface area contributed by atoms with Crippen LogP contribution in [0.5, 0.6) is 0 Å². The summed E-state index contributed by atoms with van der Waals surface area (Å²) in [6.07, 6.45) is 2.59. The van der Waals surface area contributed by atoms with Crippen molar-refractivity contribution in [3.05, 3.63) is 59.8 Å². The number of hydrogen-bond acceptors (Lipinski definition) is 5. The molecule has 1 aliphatic heterocycles. The second-order valence-electron chi connectivity index (χ2n) is 6.87. The lowest BCUT2D eigenvalue weighted by Gasteiger charge is -2.28. The molecule has 0 N–H and O–H groups in total. The molecule has 0 unspecified atom stereocenters. The molecule has 0 bridgehead atoms. The van der Waals surface area contributed by atoms with Crippen molar-refractivity contribution in [3.63, 3.8) is 0 Å². The Morgan fingerprint density at radius 3 is 2.32 bits per heavy atom. The van der Waals surface area contributed by atoms with E-state index >= 15 is 0 Å². The first-order valence-electron chi connectivity index (χ1n) is 8.53. The van der Waals surface area contributed by atoms with Crippen LogP contribution in [0, 0.1) is 0 Å². The molecule has 3 rings (SSSR count). The fourth-order valence-electron chi connectivity index (χ4n) is 3.20. The highest BCUT2D eigenvalue weighted by atomic mass is 32.2. The van der Waals surface area contributed by atoms with E-state index in [4.69, 9.17) is 0 Å². The summed E-state index contributed by atoms with van der Waals surface area (Å²) < 4.78 is 23.9. The van der Waals surface area contributed by atoms with Gasteiger partial charge in [-0.3, -0.25) is 4.90 Å². The maximum absolute atomic E-state index is 11.9. The highest BCUT2D eigenvalue weighted by Gasteiger charge is 2.32. The summed E-state index contributed by atoms with van der Waals surface area (Å²) in [5, 5.41) is 0. The van der Waals surface area contributed by atoms with Crippen molar-refractivity contribution in [2.75, 3.05) is 30.5 Å². The van der Waals surface area contributed by atoms with E-state index in [1.165, 1.54) is 5.56 Å². The van der Waals surface area contributed by atoms with Gasteiger partial charge in [-0.15, -0.1) is 0 Å². The zero-order valence-corrected chi connectivity index (χ0v) is 15.6. The molecular weight excluding hydrogens is 334 g/mol. The number of pyridine rings is 1. The van der Waals surface area contributed by atoms with Crippen molar-refractivity contribution >= 4 is 15.7 Å². The highest BCUT2D eigenvalue weighted by Crippen LogP contribution is 2.22. The van der Waals surface area contributed by atoms with Gasteiger partial charge in [0.1, 0.15) is 5.82 Å². The van der Waals surface area contributed by atoms with E-state index in [0.29, 0.717) is 18.7 Å². The Balaban J connectivity index is 1.78. The molecule has 1 aromatic carbocycles. The summed E-state index contributed by atoms with van der Waals surface area (Å²) in [5.74, 6) is 1.46. The fourth-order valence-corrected chi connectivity index (χ4v) is 4.97. The minimum atomic E-state index is -2.91. The fraction of sp³-hybridized carbons (Fsp3) is 0.421. The van der Waals surface area contributed by atoms with E-state index in [9.17, 15) is 8.42 Å². The maximum atomic E-state index is 11.9. The first-order chi connectivity index (χ1) is 11.9. The Morgan fingerprint density at radius 1 is 1.04 bits per heavy atom. The van der Waals surface area contributed by atoms with Crippen LogP contribution in [0.15, 0.2) is 48.7 Å². The van der Waals surface area contributed by atoms with Crippen molar-refractivity contribution in [1.82, 2.24) is 9.88 Å². The zero-order chi connectivity index (χ0) is 17.9. The molecule has 1 fully saturated rings. The van der Waals surface area contributed by atoms with Crippen LogP contribution in [-0.4, -0.2) is 49.9 Å². The Kier molecular flexibility index (Phi) is 5.39. The van der Waals surface area contributed by atoms with E-state index in [2.05, 4.69) is 28.1 Å². The van der Waals surface area contributed by atoms with Gasteiger partial charge in [0.2, 0.25) is 0 Å². The summed E-state index contributed by atoms with van der Waals surface area (Å²) in [6, 6.07) is 14.4. The Hall–Kier alpha value is -1.92. The number of nitrogens with zero attached hydrogens (tertiary/aromatic N) is 3. The van der Waals surface area contributed by atoms with E-state index in [1.54, 1.807) is 0 Å². The molecule has 1 saturated heterocycles. The summed E-state index contributed by atoms with van der Waals surface area (Å²) in [6.45, 7) is 1.45. The van der Waals surface area contributed by atoms with Crippen LogP contribution in [0.4, 0.5) is 5.82 Å². The molecule has 0 saturated carbocycles. The molecule has 0 amide bonds. The molecule has 0 aliphatic carbocycles. The molecule has 0 spiro atoms. The topological polar surface area (TPSA) is 53.5 Å². The minimum Gasteiger partial charge on any atom is -0.363 e. The molecule has 2 aromatic rings. The second kappa shape index (κ2) is 7.54. The standard InChI is InChI=1S/C19H25N3O2S/c1-21(2)19-9-8-17(12-20-19)14-22(13-16-6-4-3-5-7-16)18-10-11-25(23,24)15-18/h3-9,12,18H,10-11,13-15H2,1-2H3/t18-/m1/s1. The van der Waals surface area contributed by atoms with Crippen LogP contribution in [0.3, 0.4) is 0 Å². The van der Waals surface area contributed by atoms with Gasteiger partial charge < -0.3 is 4.90 Å². The largest absolute Gasteiger partial charge is 0.363 e. The van der Waals surface area contributed by atoms with Crippen LogP contribution in [-0.2, 0) is 22.9 Å². The maximum Gasteiger partial charge on any atom is 0.151 e.